The molecule has 1 aromatic carbocycles. The van der Waals surface area contributed by atoms with Crippen molar-refractivity contribution in [3.63, 3.8) is 0 Å². The molecule has 2 rings (SSSR count). The molecule has 1 heterocycles. The number of benzene rings is 1. The van der Waals surface area contributed by atoms with Gasteiger partial charge in [0.1, 0.15) is 5.75 Å². The average molecular weight is 218 g/mol. The molecule has 4 nitrogen and oxygen atoms in total. The third-order valence-corrected chi connectivity index (χ3v) is 2.70. The lowest BCUT2D eigenvalue weighted by Crippen LogP contribution is -2.19. The number of methoxy groups -OCH3 is 1. The second-order valence-electron chi connectivity index (χ2n) is 3.85. The molecule has 0 aliphatic carbocycles. The highest BCUT2D eigenvalue weighted by Gasteiger charge is 2.09. The molecule has 0 aliphatic heterocycles. The van der Waals surface area contributed by atoms with Crippen molar-refractivity contribution in [1.29, 1.82) is 0 Å². The van der Waals surface area contributed by atoms with Crippen LogP contribution < -0.4 is 16.0 Å². The molecule has 0 radical (unpaired) electrons. The summed E-state index contributed by atoms with van der Waals surface area (Å²) >= 11 is 0. The van der Waals surface area contributed by atoms with Crippen molar-refractivity contribution in [3.05, 3.63) is 34.1 Å². The summed E-state index contributed by atoms with van der Waals surface area (Å²) in [6.07, 6.45) is 0. The average Bonchev–Trinajstić information content (AvgIpc) is 2.24. The Morgan fingerprint density at radius 2 is 2.00 bits per heavy atom. The summed E-state index contributed by atoms with van der Waals surface area (Å²) in [5.41, 5.74) is 7.85. The highest BCUT2D eigenvalue weighted by atomic mass is 16.5. The van der Waals surface area contributed by atoms with E-state index in [1.165, 1.54) is 0 Å². The van der Waals surface area contributed by atoms with Crippen molar-refractivity contribution in [3.8, 4) is 5.75 Å². The van der Waals surface area contributed by atoms with E-state index in [9.17, 15) is 4.79 Å². The van der Waals surface area contributed by atoms with Gasteiger partial charge in [-0.15, -0.1) is 0 Å². The van der Waals surface area contributed by atoms with Crippen molar-refractivity contribution in [2.75, 3.05) is 12.8 Å². The van der Waals surface area contributed by atoms with E-state index >= 15 is 0 Å². The highest BCUT2D eigenvalue weighted by molar-refractivity contribution is 5.88. The lowest BCUT2D eigenvalue weighted by atomic mass is 10.1. The molecule has 0 fully saturated rings. The van der Waals surface area contributed by atoms with Gasteiger partial charge in [0.15, 0.2) is 0 Å². The van der Waals surface area contributed by atoms with Gasteiger partial charge in [-0.1, -0.05) is 0 Å². The zero-order valence-corrected chi connectivity index (χ0v) is 9.57. The molecular formula is C12H14N2O2. The van der Waals surface area contributed by atoms with Crippen LogP contribution >= 0.6 is 0 Å². The summed E-state index contributed by atoms with van der Waals surface area (Å²) in [5, 5.41) is 0.913. The van der Waals surface area contributed by atoms with Crippen molar-refractivity contribution >= 4 is 16.6 Å². The maximum Gasteiger partial charge on any atom is 0.253 e. The molecular weight excluding hydrogens is 204 g/mol. The molecule has 2 aromatic rings. The van der Waals surface area contributed by atoms with Gasteiger partial charge in [-0.05, 0) is 19.1 Å². The van der Waals surface area contributed by atoms with Gasteiger partial charge < -0.3 is 15.0 Å². The third kappa shape index (κ3) is 1.43. The Kier molecular flexibility index (Phi) is 2.34. The zero-order valence-electron chi connectivity index (χ0n) is 9.57. The molecule has 4 heteroatoms. The van der Waals surface area contributed by atoms with Crippen LogP contribution in [0.1, 0.15) is 5.56 Å². The number of hydrogen-bond acceptors (Lipinski definition) is 3. The fourth-order valence-corrected chi connectivity index (χ4v) is 1.94. The number of ether oxygens (including phenoxy) is 1. The number of aryl methyl sites for hydroxylation is 2. The topological polar surface area (TPSA) is 57.2 Å². The first-order chi connectivity index (χ1) is 7.54. The molecule has 2 N–H and O–H groups in total. The Morgan fingerprint density at radius 3 is 2.62 bits per heavy atom. The molecule has 0 spiro atoms. The number of nitrogens with two attached hydrogens (primary N) is 1. The number of hydrogen-bond donors (Lipinski definition) is 1. The second-order valence-corrected chi connectivity index (χ2v) is 3.85. The van der Waals surface area contributed by atoms with Crippen LogP contribution in [-0.4, -0.2) is 11.7 Å². The summed E-state index contributed by atoms with van der Waals surface area (Å²) in [6.45, 7) is 1.79. The van der Waals surface area contributed by atoms with E-state index in [-0.39, 0.29) is 5.56 Å². The molecule has 0 saturated carbocycles. The molecule has 0 unspecified atom stereocenters. The lowest BCUT2D eigenvalue weighted by molar-refractivity contribution is 0.417. The van der Waals surface area contributed by atoms with Crippen LogP contribution in [0, 0.1) is 6.92 Å². The fourth-order valence-electron chi connectivity index (χ4n) is 1.94. The molecule has 0 atom stereocenters. The van der Waals surface area contributed by atoms with Crippen LogP contribution in [0.5, 0.6) is 5.75 Å². The van der Waals surface area contributed by atoms with E-state index in [4.69, 9.17) is 10.5 Å². The maximum absolute atomic E-state index is 11.8. The van der Waals surface area contributed by atoms with E-state index in [2.05, 4.69) is 0 Å². The second kappa shape index (κ2) is 3.56. The van der Waals surface area contributed by atoms with Gasteiger partial charge in [0.05, 0.1) is 12.6 Å². The number of aromatic nitrogens is 1. The van der Waals surface area contributed by atoms with Crippen LogP contribution in [0.3, 0.4) is 0 Å². The molecule has 0 bridgehead atoms. The Hall–Kier alpha value is -1.97. The number of nitrogens with zero attached hydrogens (tertiary/aromatic N) is 1. The summed E-state index contributed by atoms with van der Waals surface area (Å²) in [7, 11) is 3.30. The smallest absolute Gasteiger partial charge is 0.253 e. The van der Waals surface area contributed by atoms with Crippen LogP contribution in [0.15, 0.2) is 23.0 Å². The number of pyridine rings is 1. The first-order valence-electron chi connectivity index (χ1n) is 4.98. The normalized spacial score (nSPS) is 10.7. The minimum absolute atomic E-state index is 0.0180. The molecule has 1 aromatic heterocycles. The first-order valence-corrected chi connectivity index (χ1v) is 4.98. The highest BCUT2D eigenvalue weighted by Crippen LogP contribution is 2.27. The summed E-state index contributed by atoms with van der Waals surface area (Å²) < 4.78 is 6.83. The Bertz CT molecular complexity index is 614. The van der Waals surface area contributed by atoms with Gasteiger partial charge >= 0.3 is 0 Å². The summed E-state index contributed by atoms with van der Waals surface area (Å²) in [6, 6.07) is 5.39. The first kappa shape index (κ1) is 10.5. The van der Waals surface area contributed by atoms with Crippen molar-refractivity contribution in [1.82, 2.24) is 4.57 Å². The monoisotopic (exact) mass is 218 g/mol. The quantitative estimate of drug-likeness (QED) is 0.737. The largest absolute Gasteiger partial charge is 0.494 e. The standard InChI is InChI=1S/C12H14N2O2/c1-7-4-8-5-9(13)6-10(16-3)11(8)14(2)12(7)15/h4-6H,13H2,1-3H3. The van der Waals surface area contributed by atoms with Gasteiger partial charge in [-0.3, -0.25) is 4.79 Å². The van der Waals surface area contributed by atoms with Crippen molar-refractivity contribution in [2.24, 2.45) is 7.05 Å². The van der Waals surface area contributed by atoms with E-state index in [0.29, 0.717) is 17.0 Å². The number of rotatable bonds is 1. The SMILES string of the molecule is COc1cc(N)cc2cc(C)c(=O)n(C)c12. The predicted molar refractivity (Wildman–Crippen MR) is 64.9 cm³/mol. The van der Waals surface area contributed by atoms with Gasteiger partial charge in [-0.2, -0.15) is 0 Å². The number of fused-ring (bicyclic) bond motifs is 1. The predicted octanol–water partition coefficient (Wildman–Crippen LogP) is 1.44. The zero-order chi connectivity index (χ0) is 11.9. The van der Waals surface area contributed by atoms with E-state index < -0.39 is 0 Å². The molecule has 0 aliphatic rings. The van der Waals surface area contributed by atoms with Crippen LogP contribution in [0.4, 0.5) is 5.69 Å². The molecule has 0 amide bonds. The van der Waals surface area contributed by atoms with Crippen LogP contribution in [-0.2, 0) is 7.05 Å². The van der Waals surface area contributed by atoms with Crippen LogP contribution in [0.2, 0.25) is 0 Å². The number of nitrogen functional groups attached to an aromatic ring is 1. The van der Waals surface area contributed by atoms with Crippen molar-refractivity contribution in [2.45, 2.75) is 6.92 Å². The fraction of sp³-hybridized carbons (Fsp3) is 0.250. The summed E-state index contributed by atoms with van der Waals surface area (Å²) in [5.74, 6) is 0.620. The van der Waals surface area contributed by atoms with E-state index in [1.807, 2.05) is 12.1 Å². The summed E-state index contributed by atoms with van der Waals surface area (Å²) in [4.78, 5) is 11.8. The Labute approximate surface area is 93.3 Å². The molecule has 0 saturated heterocycles. The van der Waals surface area contributed by atoms with E-state index in [0.717, 1.165) is 10.9 Å². The Balaban J connectivity index is 3.01. The maximum atomic E-state index is 11.8. The van der Waals surface area contributed by atoms with Crippen LogP contribution in [0.25, 0.3) is 10.9 Å². The van der Waals surface area contributed by atoms with Gasteiger partial charge in [-0.25, -0.2) is 0 Å². The third-order valence-electron chi connectivity index (χ3n) is 2.70. The Morgan fingerprint density at radius 1 is 1.31 bits per heavy atom. The van der Waals surface area contributed by atoms with Gasteiger partial charge in [0.2, 0.25) is 0 Å². The number of anilines is 1. The van der Waals surface area contributed by atoms with E-state index in [1.54, 1.807) is 31.7 Å². The molecule has 84 valence electrons. The lowest BCUT2D eigenvalue weighted by Gasteiger charge is -2.11. The van der Waals surface area contributed by atoms with Crippen molar-refractivity contribution < 1.29 is 4.74 Å². The van der Waals surface area contributed by atoms with Gasteiger partial charge in [0, 0.05) is 29.8 Å². The minimum Gasteiger partial charge on any atom is -0.494 e. The van der Waals surface area contributed by atoms with Gasteiger partial charge in [0.25, 0.3) is 5.56 Å². The molecule has 16 heavy (non-hydrogen) atoms. The minimum atomic E-state index is -0.0180.